The molecule has 0 radical (unpaired) electrons. The average molecular weight is 354 g/mol. The zero-order valence-electron chi connectivity index (χ0n) is 12.9. The minimum absolute atomic E-state index is 0. The number of anilines is 1. The standard InChI is InChI=1S/C15H19N5OS.ClH/c1-19(14-3-2-11(7-16)8-18-14)12-6-13(17-9-12)15(21)20-4-5-22-10-20;/h2-3,8,12-13,17H,4-6,9-10H2,1H3;1H/t12-,13-;/m0./s1. The highest BCUT2D eigenvalue weighted by atomic mass is 35.5. The lowest BCUT2D eigenvalue weighted by Crippen LogP contribution is -2.42. The molecular weight excluding hydrogens is 334 g/mol. The highest BCUT2D eigenvalue weighted by molar-refractivity contribution is 7.99. The highest BCUT2D eigenvalue weighted by Crippen LogP contribution is 2.22. The molecule has 2 fully saturated rings. The molecule has 8 heteroatoms. The van der Waals surface area contributed by atoms with E-state index in [1.54, 1.807) is 12.3 Å². The van der Waals surface area contributed by atoms with Gasteiger partial charge < -0.3 is 15.1 Å². The van der Waals surface area contributed by atoms with Crippen LogP contribution in [0.1, 0.15) is 12.0 Å². The van der Waals surface area contributed by atoms with E-state index in [2.05, 4.69) is 21.3 Å². The highest BCUT2D eigenvalue weighted by Gasteiger charge is 2.35. The molecule has 0 aromatic carbocycles. The zero-order chi connectivity index (χ0) is 15.5. The first kappa shape index (κ1) is 17.9. The Morgan fingerprint density at radius 3 is 3.00 bits per heavy atom. The van der Waals surface area contributed by atoms with Gasteiger partial charge >= 0.3 is 0 Å². The lowest BCUT2D eigenvalue weighted by atomic mass is 10.1. The predicted molar refractivity (Wildman–Crippen MR) is 93.8 cm³/mol. The van der Waals surface area contributed by atoms with E-state index in [1.165, 1.54) is 0 Å². The molecule has 0 unspecified atom stereocenters. The van der Waals surface area contributed by atoms with E-state index in [1.807, 2.05) is 29.8 Å². The molecule has 0 aliphatic carbocycles. The van der Waals surface area contributed by atoms with Crippen LogP contribution < -0.4 is 10.2 Å². The monoisotopic (exact) mass is 353 g/mol. The lowest BCUT2D eigenvalue weighted by molar-refractivity contribution is -0.131. The Balaban J connectivity index is 0.00000192. The fourth-order valence-corrected chi connectivity index (χ4v) is 3.81. The van der Waals surface area contributed by atoms with Gasteiger partial charge in [-0.2, -0.15) is 5.26 Å². The number of carbonyl (C=O) groups is 1. The van der Waals surface area contributed by atoms with Gasteiger partial charge in [0.1, 0.15) is 11.9 Å². The molecule has 1 amide bonds. The van der Waals surface area contributed by atoms with Crippen LogP contribution in [0.5, 0.6) is 0 Å². The molecule has 0 saturated carbocycles. The average Bonchev–Trinajstić information content (AvgIpc) is 3.25. The van der Waals surface area contributed by atoms with Crippen LogP contribution in [0, 0.1) is 11.3 Å². The summed E-state index contributed by atoms with van der Waals surface area (Å²) in [7, 11) is 1.99. The van der Waals surface area contributed by atoms with Gasteiger partial charge in [0.05, 0.1) is 17.5 Å². The largest absolute Gasteiger partial charge is 0.355 e. The van der Waals surface area contributed by atoms with Gasteiger partial charge in [0.2, 0.25) is 5.91 Å². The number of rotatable bonds is 3. The van der Waals surface area contributed by atoms with Crippen molar-refractivity contribution in [3.8, 4) is 6.07 Å². The lowest BCUT2D eigenvalue weighted by Gasteiger charge is -2.25. The van der Waals surface area contributed by atoms with Crippen LogP contribution in [0.15, 0.2) is 18.3 Å². The number of aromatic nitrogens is 1. The number of likely N-dealkylation sites (N-methyl/N-ethyl adjacent to an activating group) is 1. The van der Waals surface area contributed by atoms with E-state index in [-0.39, 0.29) is 30.4 Å². The summed E-state index contributed by atoms with van der Waals surface area (Å²) in [6, 6.07) is 5.84. The van der Waals surface area contributed by atoms with E-state index in [4.69, 9.17) is 5.26 Å². The molecule has 2 atom stereocenters. The van der Waals surface area contributed by atoms with E-state index in [0.29, 0.717) is 5.56 Å². The molecule has 6 nitrogen and oxygen atoms in total. The Labute approximate surface area is 146 Å². The Bertz CT molecular complexity index is 585. The van der Waals surface area contributed by atoms with Gasteiger partial charge in [-0.3, -0.25) is 4.79 Å². The van der Waals surface area contributed by atoms with E-state index in [0.717, 1.165) is 37.0 Å². The van der Waals surface area contributed by atoms with Crippen molar-refractivity contribution in [2.75, 3.05) is 36.7 Å². The number of nitrogens with zero attached hydrogens (tertiary/aromatic N) is 4. The van der Waals surface area contributed by atoms with Gasteiger partial charge in [0.25, 0.3) is 0 Å². The van der Waals surface area contributed by atoms with Crippen molar-refractivity contribution in [1.82, 2.24) is 15.2 Å². The predicted octanol–water partition coefficient (Wildman–Crippen LogP) is 1.07. The Morgan fingerprint density at radius 2 is 2.39 bits per heavy atom. The normalized spacial score (nSPS) is 23.2. The number of halogens is 1. The van der Waals surface area contributed by atoms with Crippen LogP contribution in [-0.2, 0) is 4.79 Å². The maximum Gasteiger partial charge on any atom is 0.240 e. The molecule has 3 heterocycles. The summed E-state index contributed by atoms with van der Waals surface area (Å²) in [5, 5.41) is 12.2. The smallest absolute Gasteiger partial charge is 0.240 e. The quantitative estimate of drug-likeness (QED) is 0.876. The molecule has 1 aromatic rings. The maximum absolute atomic E-state index is 12.4. The molecule has 1 aromatic heterocycles. The Hall–Kier alpha value is -1.49. The molecule has 0 bridgehead atoms. The van der Waals surface area contributed by atoms with Gasteiger partial charge in [-0.1, -0.05) is 0 Å². The summed E-state index contributed by atoms with van der Waals surface area (Å²) in [6.07, 6.45) is 2.37. The van der Waals surface area contributed by atoms with Gasteiger partial charge in [-0.25, -0.2) is 4.98 Å². The second-order valence-corrected chi connectivity index (χ2v) is 6.69. The van der Waals surface area contributed by atoms with Crippen molar-refractivity contribution >= 4 is 35.9 Å². The van der Waals surface area contributed by atoms with Gasteiger partial charge in [0, 0.05) is 38.1 Å². The number of hydrogen-bond acceptors (Lipinski definition) is 6. The summed E-state index contributed by atoms with van der Waals surface area (Å²) in [5.41, 5.74) is 0.557. The van der Waals surface area contributed by atoms with Crippen LogP contribution in [-0.4, -0.2) is 59.6 Å². The fraction of sp³-hybridized carbons (Fsp3) is 0.533. The molecule has 1 N–H and O–H groups in total. The second kappa shape index (κ2) is 7.86. The first-order valence-electron chi connectivity index (χ1n) is 7.38. The van der Waals surface area contributed by atoms with Gasteiger partial charge in [0.15, 0.2) is 0 Å². The number of carbonyl (C=O) groups excluding carboxylic acids is 1. The third-order valence-corrected chi connectivity index (χ3v) is 5.22. The van der Waals surface area contributed by atoms with Crippen molar-refractivity contribution < 1.29 is 4.79 Å². The summed E-state index contributed by atoms with van der Waals surface area (Å²) >= 11 is 1.81. The maximum atomic E-state index is 12.4. The first-order chi connectivity index (χ1) is 10.7. The van der Waals surface area contributed by atoms with Gasteiger partial charge in [-0.05, 0) is 18.6 Å². The number of thioether (sulfide) groups is 1. The number of nitrogens with one attached hydrogen (secondary N) is 1. The van der Waals surface area contributed by atoms with Crippen molar-refractivity contribution in [2.45, 2.75) is 18.5 Å². The zero-order valence-corrected chi connectivity index (χ0v) is 14.6. The summed E-state index contributed by atoms with van der Waals surface area (Å²) in [5.74, 6) is 2.90. The SMILES string of the molecule is CN(c1ccc(C#N)cn1)[C@@H]1CN[C@H](C(=O)N2CCSC2)C1.Cl. The van der Waals surface area contributed by atoms with Crippen molar-refractivity contribution in [3.05, 3.63) is 23.9 Å². The molecular formula is C15H20ClN5OS. The van der Waals surface area contributed by atoms with E-state index < -0.39 is 0 Å². The molecule has 124 valence electrons. The van der Waals surface area contributed by atoms with Crippen molar-refractivity contribution in [1.29, 1.82) is 5.26 Å². The molecule has 0 spiro atoms. The first-order valence-corrected chi connectivity index (χ1v) is 8.53. The fourth-order valence-electron chi connectivity index (χ4n) is 2.86. The van der Waals surface area contributed by atoms with Crippen molar-refractivity contribution in [2.24, 2.45) is 0 Å². The molecule has 2 aliphatic heterocycles. The third kappa shape index (κ3) is 3.89. The summed E-state index contributed by atoms with van der Waals surface area (Å²) < 4.78 is 0. The Morgan fingerprint density at radius 1 is 1.57 bits per heavy atom. The number of nitriles is 1. The number of pyridine rings is 1. The van der Waals surface area contributed by atoms with E-state index >= 15 is 0 Å². The van der Waals surface area contributed by atoms with Crippen LogP contribution in [0.4, 0.5) is 5.82 Å². The second-order valence-electron chi connectivity index (χ2n) is 5.62. The van der Waals surface area contributed by atoms with E-state index in [9.17, 15) is 4.79 Å². The van der Waals surface area contributed by atoms with Crippen LogP contribution in [0.3, 0.4) is 0 Å². The minimum atomic E-state index is -0.0930. The van der Waals surface area contributed by atoms with Crippen LogP contribution in [0.25, 0.3) is 0 Å². The molecule has 23 heavy (non-hydrogen) atoms. The molecule has 2 saturated heterocycles. The summed E-state index contributed by atoms with van der Waals surface area (Å²) in [6.45, 7) is 1.63. The topological polar surface area (TPSA) is 72.3 Å². The Kier molecular flexibility index (Phi) is 6.10. The van der Waals surface area contributed by atoms with Crippen LogP contribution in [0.2, 0.25) is 0 Å². The number of amides is 1. The summed E-state index contributed by atoms with van der Waals surface area (Å²) in [4.78, 5) is 20.8. The molecule has 3 rings (SSSR count). The molecule has 2 aliphatic rings. The van der Waals surface area contributed by atoms with Crippen LogP contribution >= 0.6 is 24.2 Å². The third-order valence-electron chi connectivity index (χ3n) is 4.26. The minimum Gasteiger partial charge on any atom is -0.355 e. The van der Waals surface area contributed by atoms with Gasteiger partial charge in [-0.15, -0.1) is 24.2 Å². The number of hydrogen-bond donors (Lipinski definition) is 1. The van der Waals surface area contributed by atoms with Crippen molar-refractivity contribution in [3.63, 3.8) is 0 Å².